The number of benzene rings is 1. The lowest BCUT2D eigenvalue weighted by molar-refractivity contribution is -0.172. The Labute approximate surface area is 254 Å². The van der Waals surface area contributed by atoms with Crippen LogP contribution in [0.15, 0.2) is 47.1 Å². The molecule has 1 aromatic carbocycles. The molecular formula is C37H55NO4. The van der Waals surface area contributed by atoms with E-state index in [-0.39, 0.29) is 6.04 Å². The van der Waals surface area contributed by atoms with Crippen LogP contribution in [-0.2, 0) is 11.8 Å². The van der Waals surface area contributed by atoms with Crippen LogP contribution in [0.1, 0.15) is 110 Å². The van der Waals surface area contributed by atoms with E-state index in [1.54, 1.807) is 0 Å². The van der Waals surface area contributed by atoms with Gasteiger partial charge in [0.2, 0.25) is 0 Å². The van der Waals surface area contributed by atoms with Gasteiger partial charge in [0, 0.05) is 18.2 Å². The van der Waals surface area contributed by atoms with Gasteiger partial charge in [-0.1, -0.05) is 48.3 Å². The molecule has 5 nitrogen and oxygen atoms in total. The van der Waals surface area contributed by atoms with Gasteiger partial charge in [-0.05, 0) is 123 Å². The first-order valence-corrected chi connectivity index (χ1v) is 16.6. The number of allylic oxidation sites excluding steroid dienone is 5. The third-order valence-corrected chi connectivity index (χ3v) is 10.9. The maximum Gasteiger partial charge on any atom is 0.166 e. The van der Waals surface area contributed by atoms with Crippen molar-refractivity contribution in [1.29, 1.82) is 0 Å². The minimum atomic E-state index is -1.000. The van der Waals surface area contributed by atoms with E-state index in [2.05, 4.69) is 63.0 Å². The molecule has 1 saturated carbocycles. The van der Waals surface area contributed by atoms with Crippen molar-refractivity contribution in [3.05, 3.63) is 58.2 Å². The van der Waals surface area contributed by atoms with Crippen LogP contribution in [-0.4, -0.2) is 58.7 Å². The van der Waals surface area contributed by atoms with Gasteiger partial charge in [-0.3, -0.25) is 4.90 Å². The van der Waals surface area contributed by atoms with Crippen LogP contribution in [0.25, 0.3) is 0 Å². The third kappa shape index (κ3) is 5.86. The molecule has 2 heterocycles. The highest BCUT2D eigenvalue weighted by Crippen LogP contribution is 2.62. The topological polar surface area (TPSA) is 62.2 Å². The number of ether oxygens (including phenoxy) is 2. The molecule has 5 atom stereocenters. The summed E-state index contributed by atoms with van der Waals surface area (Å²) < 4.78 is 13.0. The van der Waals surface area contributed by atoms with Crippen LogP contribution in [0.3, 0.4) is 0 Å². The van der Waals surface area contributed by atoms with Crippen molar-refractivity contribution < 1.29 is 19.7 Å². The van der Waals surface area contributed by atoms with Crippen LogP contribution in [0.5, 0.6) is 11.5 Å². The van der Waals surface area contributed by atoms with E-state index in [1.165, 1.54) is 41.5 Å². The zero-order chi connectivity index (χ0) is 30.1. The van der Waals surface area contributed by atoms with Crippen LogP contribution >= 0.6 is 0 Å². The Balaban J connectivity index is 1.31. The van der Waals surface area contributed by atoms with E-state index < -0.39 is 23.2 Å². The van der Waals surface area contributed by atoms with Crippen molar-refractivity contribution in [2.45, 2.75) is 135 Å². The van der Waals surface area contributed by atoms with E-state index in [0.717, 1.165) is 74.6 Å². The van der Waals surface area contributed by atoms with Crippen LogP contribution in [0.2, 0.25) is 0 Å². The lowest BCUT2D eigenvalue weighted by Crippen LogP contribution is -2.74. The summed E-state index contributed by atoms with van der Waals surface area (Å²) in [5.41, 5.74) is 4.87. The summed E-state index contributed by atoms with van der Waals surface area (Å²) >= 11 is 0. The minimum absolute atomic E-state index is 0.0303. The highest BCUT2D eigenvalue weighted by molar-refractivity contribution is 5.62. The summed E-state index contributed by atoms with van der Waals surface area (Å²) in [6.07, 6.45) is 16.1. The van der Waals surface area contributed by atoms with Crippen molar-refractivity contribution in [1.82, 2.24) is 4.90 Å². The number of likely N-dealkylation sites (tertiary alicyclic amines) is 1. The molecule has 42 heavy (non-hydrogen) atoms. The summed E-state index contributed by atoms with van der Waals surface area (Å²) in [7, 11) is 0. The highest BCUT2D eigenvalue weighted by Gasteiger charge is 2.69. The van der Waals surface area contributed by atoms with Crippen LogP contribution in [0, 0.1) is 5.92 Å². The van der Waals surface area contributed by atoms with Crippen molar-refractivity contribution in [3.8, 4) is 11.5 Å². The van der Waals surface area contributed by atoms with Crippen molar-refractivity contribution in [2.75, 3.05) is 19.7 Å². The molecule has 0 amide bonds. The van der Waals surface area contributed by atoms with Gasteiger partial charge >= 0.3 is 0 Å². The lowest BCUT2D eigenvalue weighted by Gasteiger charge is -2.60. The zero-order valence-corrected chi connectivity index (χ0v) is 27.0. The van der Waals surface area contributed by atoms with Gasteiger partial charge in [0.1, 0.15) is 12.7 Å². The smallest absolute Gasteiger partial charge is 0.166 e. The van der Waals surface area contributed by atoms with Crippen molar-refractivity contribution in [2.24, 2.45) is 5.92 Å². The van der Waals surface area contributed by atoms with E-state index >= 15 is 0 Å². The van der Waals surface area contributed by atoms with E-state index in [9.17, 15) is 10.2 Å². The molecular weight excluding hydrogens is 522 g/mol. The number of nitrogens with zero attached hydrogens (tertiary/aromatic N) is 1. The Hall–Kier alpha value is -2.08. The molecule has 4 aliphatic rings. The molecule has 0 aromatic heterocycles. The molecule has 0 radical (unpaired) electrons. The van der Waals surface area contributed by atoms with Gasteiger partial charge < -0.3 is 19.7 Å². The number of hydrogen-bond donors (Lipinski definition) is 2. The normalized spacial score (nSPS) is 29.9. The molecule has 2 aliphatic carbocycles. The summed E-state index contributed by atoms with van der Waals surface area (Å²) in [5, 5.41) is 23.7. The number of rotatable bonds is 13. The maximum atomic E-state index is 12.4. The summed E-state index contributed by atoms with van der Waals surface area (Å²) in [6.45, 7) is 15.2. The first kappa shape index (κ1) is 31.3. The number of fused-ring (bicyclic) bond motifs is 1. The van der Waals surface area contributed by atoms with Gasteiger partial charge in [0.05, 0.1) is 17.1 Å². The molecule has 1 spiro atoms. The Kier molecular flexibility index (Phi) is 9.61. The summed E-state index contributed by atoms with van der Waals surface area (Å²) in [4.78, 5) is 2.54. The van der Waals surface area contributed by atoms with Gasteiger partial charge in [0.25, 0.3) is 0 Å². The average molecular weight is 578 g/mol. The fourth-order valence-electron chi connectivity index (χ4n) is 8.05. The molecule has 2 N–H and O–H groups in total. The number of aliphatic hydroxyl groups excluding tert-OH is 1. The predicted molar refractivity (Wildman–Crippen MR) is 171 cm³/mol. The Morgan fingerprint density at radius 1 is 1.10 bits per heavy atom. The third-order valence-electron chi connectivity index (χ3n) is 10.9. The van der Waals surface area contributed by atoms with Crippen LogP contribution < -0.4 is 9.47 Å². The zero-order valence-electron chi connectivity index (χ0n) is 27.0. The second-order valence-electron chi connectivity index (χ2n) is 14.1. The standard InChI is InChI=1S/C37H55NO4/c1-7-30(39)35-37-20-21-38(24-28-15-10-16-28)32(36(37,6)40)23-29-17-18-31(34(42-35)33(29)37)41-22-19-27(5)14-9-13-26(4)12-8-11-25(2)3/h11,13,17-19,28,30,32,35,39-40H,7-10,12,14-16,20-24H2,1-6H3/b26-13+,27-19+. The Morgan fingerprint density at radius 3 is 2.48 bits per heavy atom. The van der Waals surface area contributed by atoms with Crippen molar-refractivity contribution >= 4 is 0 Å². The second kappa shape index (κ2) is 12.9. The first-order chi connectivity index (χ1) is 20.1. The quantitative estimate of drug-likeness (QED) is 0.239. The molecule has 232 valence electrons. The summed E-state index contributed by atoms with van der Waals surface area (Å²) in [6, 6.07) is 4.28. The molecule has 5 heteroatoms. The first-order valence-electron chi connectivity index (χ1n) is 16.6. The number of hydrogen-bond acceptors (Lipinski definition) is 5. The monoisotopic (exact) mass is 577 g/mol. The number of piperidine rings is 1. The van der Waals surface area contributed by atoms with E-state index in [0.29, 0.717) is 13.0 Å². The van der Waals surface area contributed by atoms with Crippen molar-refractivity contribution in [3.63, 3.8) is 0 Å². The van der Waals surface area contributed by atoms with Gasteiger partial charge in [-0.15, -0.1) is 0 Å². The second-order valence-corrected chi connectivity index (χ2v) is 14.1. The molecule has 1 saturated heterocycles. The average Bonchev–Trinajstić information content (AvgIpc) is 3.26. The maximum absolute atomic E-state index is 12.4. The fourth-order valence-corrected chi connectivity index (χ4v) is 8.05. The SMILES string of the molecule is CCC(O)C1Oc2c(OC/C=C(\C)CC/C=C(\C)CCC=C(C)C)ccc3c2C12CCN(CC1CCC1)C(C3)C2(C)O. The Morgan fingerprint density at radius 2 is 1.81 bits per heavy atom. The van der Waals surface area contributed by atoms with Gasteiger partial charge in [0.15, 0.2) is 11.5 Å². The highest BCUT2D eigenvalue weighted by atomic mass is 16.5. The predicted octanol–water partition coefficient (Wildman–Crippen LogP) is 7.44. The van der Waals surface area contributed by atoms with Gasteiger partial charge in [-0.25, -0.2) is 0 Å². The fraction of sp³-hybridized carbons (Fsp3) is 0.676. The molecule has 1 aromatic rings. The van der Waals surface area contributed by atoms with Crippen LogP contribution in [0.4, 0.5) is 0 Å². The van der Waals surface area contributed by atoms with Gasteiger partial charge in [-0.2, -0.15) is 0 Å². The largest absolute Gasteiger partial charge is 0.486 e. The number of aliphatic hydroxyl groups is 2. The molecule has 2 bridgehead atoms. The molecule has 2 aliphatic heterocycles. The van der Waals surface area contributed by atoms with E-state index in [4.69, 9.17) is 9.47 Å². The minimum Gasteiger partial charge on any atom is -0.486 e. The molecule has 2 fully saturated rings. The molecule has 5 unspecified atom stereocenters. The lowest BCUT2D eigenvalue weighted by atomic mass is 9.52. The van der Waals surface area contributed by atoms with E-state index in [1.807, 2.05) is 13.8 Å². The Bertz CT molecular complexity index is 1200. The summed E-state index contributed by atoms with van der Waals surface area (Å²) in [5.74, 6) is 2.23. The molecule has 5 rings (SSSR count).